The van der Waals surface area contributed by atoms with E-state index in [2.05, 4.69) is 58.6 Å². The number of hydrogen-bond donors (Lipinski definition) is 2. The summed E-state index contributed by atoms with van der Waals surface area (Å²) in [6.07, 6.45) is 1.16. The van der Waals surface area contributed by atoms with Crippen molar-refractivity contribution in [2.24, 2.45) is 4.99 Å². The van der Waals surface area contributed by atoms with E-state index in [1.807, 2.05) is 7.05 Å². The largest absolute Gasteiger partial charge is 0.355 e. The molecule has 1 aromatic rings. The van der Waals surface area contributed by atoms with Gasteiger partial charge < -0.3 is 10.6 Å². The highest BCUT2D eigenvalue weighted by Gasteiger charge is 2.14. The number of nitrogens with one attached hydrogen (secondary N) is 2. The third-order valence-electron chi connectivity index (χ3n) is 3.58. The van der Waals surface area contributed by atoms with Crippen LogP contribution in [0.15, 0.2) is 29.3 Å². The minimum atomic E-state index is 0. The van der Waals surface area contributed by atoms with Crippen LogP contribution in [0.1, 0.15) is 25.0 Å². The van der Waals surface area contributed by atoms with Crippen LogP contribution in [0.4, 0.5) is 0 Å². The highest BCUT2D eigenvalue weighted by Crippen LogP contribution is 2.17. The molecule has 2 N–H and O–H groups in total. The van der Waals surface area contributed by atoms with Gasteiger partial charge in [0.05, 0.1) is 0 Å². The van der Waals surface area contributed by atoms with Gasteiger partial charge in [-0.1, -0.05) is 24.3 Å². The lowest BCUT2D eigenvalue weighted by Gasteiger charge is -2.29. The van der Waals surface area contributed by atoms with Crippen LogP contribution in [-0.2, 0) is 13.0 Å². The Labute approximate surface area is 145 Å². The zero-order valence-electron chi connectivity index (χ0n) is 13.2. The fraction of sp³-hybridized carbons (Fsp3) is 0.562. The molecule has 0 atom stereocenters. The third-order valence-corrected chi connectivity index (χ3v) is 3.58. The van der Waals surface area contributed by atoms with Gasteiger partial charge in [-0.15, -0.1) is 24.0 Å². The van der Waals surface area contributed by atoms with Crippen molar-refractivity contribution in [3.63, 3.8) is 0 Å². The van der Waals surface area contributed by atoms with E-state index < -0.39 is 0 Å². The number of aliphatic imine (C=N–C) groups is 1. The van der Waals surface area contributed by atoms with Gasteiger partial charge in [-0.3, -0.25) is 9.89 Å². The maximum absolute atomic E-state index is 4.22. The van der Waals surface area contributed by atoms with Crippen molar-refractivity contribution >= 4 is 29.9 Å². The van der Waals surface area contributed by atoms with Gasteiger partial charge in [-0.25, -0.2) is 0 Å². The van der Waals surface area contributed by atoms with Crippen molar-refractivity contribution < 1.29 is 0 Å². The van der Waals surface area contributed by atoms with Crippen LogP contribution in [0, 0.1) is 0 Å². The lowest BCUT2D eigenvalue weighted by molar-refractivity contribution is 0.258. The first-order chi connectivity index (χ1) is 9.69. The van der Waals surface area contributed by atoms with Crippen LogP contribution in [0.3, 0.4) is 0 Å². The minimum Gasteiger partial charge on any atom is -0.355 e. The third kappa shape index (κ3) is 5.82. The normalized spacial score (nSPS) is 15.3. The molecule has 0 fully saturated rings. The average Bonchev–Trinajstić information content (AvgIpc) is 2.45. The van der Waals surface area contributed by atoms with Gasteiger partial charge in [0.1, 0.15) is 0 Å². The zero-order chi connectivity index (χ0) is 14.4. The lowest BCUT2D eigenvalue weighted by Crippen LogP contribution is -2.44. The standard InChI is InChI=1S/C16H26N4.HI/c1-13(2)19-16(17-3)18-9-11-20-10-8-14-6-4-5-7-15(14)12-20;/h4-7,13H,8-12H2,1-3H3,(H2,17,18,19);1H. The van der Waals surface area contributed by atoms with Crippen LogP contribution in [0.5, 0.6) is 0 Å². The van der Waals surface area contributed by atoms with E-state index in [0.717, 1.165) is 38.6 Å². The molecule has 0 aromatic heterocycles. The molecule has 1 heterocycles. The predicted octanol–water partition coefficient (Wildman–Crippen LogP) is 2.24. The maximum atomic E-state index is 4.22. The smallest absolute Gasteiger partial charge is 0.191 e. The predicted molar refractivity (Wildman–Crippen MR) is 100 cm³/mol. The molecule has 4 nitrogen and oxygen atoms in total. The van der Waals surface area contributed by atoms with E-state index >= 15 is 0 Å². The van der Waals surface area contributed by atoms with E-state index in [1.54, 1.807) is 0 Å². The van der Waals surface area contributed by atoms with Crippen LogP contribution < -0.4 is 10.6 Å². The lowest BCUT2D eigenvalue weighted by atomic mass is 10.00. The Bertz CT molecular complexity index is 459. The molecule has 0 aliphatic carbocycles. The number of halogens is 1. The van der Waals surface area contributed by atoms with Gasteiger partial charge in [-0.2, -0.15) is 0 Å². The van der Waals surface area contributed by atoms with Gasteiger partial charge >= 0.3 is 0 Å². The van der Waals surface area contributed by atoms with Crippen molar-refractivity contribution in [1.29, 1.82) is 0 Å². The van der Waals surface area contributed by atoms with Crippen molar-refractivity contribution in [1.82, 2.24) is 15.5 Å². The molecule has 1 aliphatic heterocycles. The molecule has 1 aromatic carbocycles. The summed E-state index contributed by atoms with van der Waals surface area (Å²) in [5, 5.41) is 6.67. The van der Waals surface area contributed by atoms with Crippen LogP contribution >= 0.6 is 24.0 Å². The first-order valence-electron chi connectivity index (χ1n) is 7.45. The van der Waals surface area contributed by atoms with E-state index in [9.17, 15) is 0 Å². The summed E-state index contributed by atoms with van der Waals surface area (Å²) < 4.78 is 0. The Morgan fingerprint density at radius 2 is 2.00 bits per heavy atom. The molecule has 5 heteroatoms. The molecule has 0 saturated heterocycles. The molecule has 0 amide bonds. The van der Waals surface area contributed by atoms with Gasteiger partial charge in [0.2, 0.25) is 0 Å². The maximum Gasteiger partial charge on any atom is 0.191 e. The molecule has 0 spiro atoms. The summed E-state index contributed by atoms with van der Waals surface area (Å²) in [6.45, 7) is 8.42. The first-order valence-corrected chi connectivity index (χ1v) is 7.45. The second kappa shape index (κ2) is 9.25. The number of benzene rings is 1. The first kappa shape index (κ1) is 18.2. The Hall–Kier alpha value is -0.820. The molecular formula is C16H27IN4. The molecular weight excluding hydrogens is 375 g/mol. The molecule has 1 aliphatic rings. The Morgan fingerprint density at radius 3 is 2.67 bits per heavy atom. The van der Waals surface area contributed by atoms with Gasteiger partial charge in [0.15, 0.2) is 5.96 Å². The second-order valence-corrected chi connectivity index (χ2v) is 5.59. The summed E-state index contributed by atoms with van der Waals surface area (Å²) in [7, 11) is 1.81. The summed E-state index contributed by atoms with van der Waals surface area (Å²) >= 11 is 0. The fourth-order valence-corrected chi connectivity index (χ4v) is 2.55. The van der Waals surface area contributed by atoms with Gasteiger partial charge in [-0.05, 0) is 31.4 Å². The monoisotopic (exact) mass is 402 g/mol. The van der Waals surface area contributed by atoms with Crippen LogP contribution in [0.2, 0.25) is 0 Å². The summed E-state index contributed by atoms with van der Waals surface area (Å²) in [5.41, 5.74) is 2.98. The van der Waals surface area contributed by atoms with E-state index in [1.165, 1.54) is 11.1 Å². The quantitative estimate of drug-likeness (QED) is 0.461. The summed E-state index contributed by atoms with van der Waals surface area (Å²) in [5.74, 6) is 0.886. The molecule has 118 valence electrons. The second-order valence-electron chi connectivity index (χ2n) is 5.59. The average molecular weight is 402 g/mol. The number of guanidine groups is 1. The highest BCUT2D eigenvalue weighted by molar-refractivity contribution is 14.0. The fourth-order valence-electron chi connectivity index (χ4n) is 2.55. The van der Waals surface area contributed by atoms with E-state index in [-0.39, 0.29) is 24.0 Å². The molecule has 0 saturated carbocycles. The van der Waals surface area contributed by atoms with Crippen molar-refractivity contribution in [3.8, 4) is 0 Å². The van der Waals surface area contributed by atoms with Crippen LogP contribution in [0.25, 0.3) is 0 Å². The summed E-state index contributed by atoms with van der Waals surface area (Å²) in [4.78, 5) is 6.72. The number of fused-ring (bicyclic) bond motifs is 1. The Kier molecular flexibility index (Phi) is 8.03. The Balaban J connectivity index is 0.00000220. The van der Waals surface area contributed by atoms with Crippen molar-refractivity contribution in [2.75, 3.05) is 26.7 Å². The molecule has 2 rings (SSSR count). The van der Waals surface area contributed by atoms with Crippen molar-refractivity contribution in [2.45, 2.75) is 32.9 Å². The Morgan fingerprint density at radius 1 is 1.29 bits per heavy atom. The molecule has 0 radical (unpaired) electrons. The highest BCUT2D eigenvalue weighted by atomic mass is 127. The number of nitrogens with zero attached hydrogens (tertiary/aromatic N) is 2. The number of rotatable bonds is 4. The zero-order valence-corrected chi connectivity index (χ0v) is 15.6. The van der Waals surface area contributed by atoms with Gasteiger partial charge in [0, 0.05) is 39.3 Å². The van der Waals surface area contributed by atoms with E-state index in [0.29, 0.717) is 6.04 Å². The summed E-state index contributed by atoms with van der Waals surface area (Å²) in [6, 6.07) is 9.17. The topological polar surface area (TPSA) is 39.7 Å². The van der Waals surface area contributed by atoms with Crippen molar-refractivity contribution in [3.05, 3.63) is 35.4 Å². The minimum absolute atomic E-state index is 0. The molecule has 21 heavy (non-hydrogen) atoms. The molecule has 0 unspecified atom stereocenters. The SMILES string of the molecule is CN=C(NCCN1CCc2ccccc2C1)NC(C)C.I. The van der Waals surface area contributed by atoms with E-state index in [4.69, 9.17) is 0 Å². The molecule has 0 bridgehead atoms. The number of hydrogen-bond acceptors (Lipinski definition) is 2. The van der Waals surface area contributed by atoms with Gasteiger partial charge in [0.25, 0.3) is 0 Å². The van der Waals surface area contributed by atoms with Crippen LogP contribution in [-0.4, -0.2) is 43.6 Å².